The molecule has 2 heteroatoms. The Bertz CT molecular complexity index is 2380. The average Bonchev–Trinajstić information content (AvgIpc) is 3.55. The standard InChI is InChI=1S/C40H30N2/c1-3-11-31(4-2)41-37-16-9-7-14-33(37)35-25-29(19-22-39(35)41)30-20-23-40-36(26-30)34-15-8-10-17-38(34)42(40)32-21-18-27-12-5-6-13-28(27)24-32/h3-26H,1-2H3/b11-3-,31-4+. The highest BCUT2D eigenvalue weighted by Crippen LogP contribution is 2.38. The van der Waals surface area contributed by atoms with Crippen LogP contribution in [0.2, 0.25) is 0 Å². The van der Waals surface area contributed by atoms with Crippen molar-refractivity contribution in [3.8, 4) is 16.8 Å². The Hall–Kier alpha value is -5.34. The van der Waals surface area contributed by atoms with Crippen LogP contribution in [-0.2, 0) is 0 Å². The van der Waals surface area contributed by atoms with Crippen molar-refractivity contribution in [2.24, 2.45) is 0 Å². The van der Waals surface area contributed by atoms with Gasteiger partial charge in [0.25, 0.3) is 0 Å². The van der Waals surface area contributed by atoms with E-state index < -0.39 is 0 Å². The van der Waals surface area contributed by atoms with E-state index in [1.165, 1.54) is 76.9 Å². The van der Waals surface area contributed by atoms with Crippen molar-refractivity contribution in [2.45, 2.75) is 13.8 Å². The molecule has 0 atom stereocenters. The first kappa shape index (κ1) is 24.5. The highest BCUT2D eigenvalue weighted by Gasteiger charge is 2.16. The normalized spacial score (nSPS) is 12.6. The van der Waals surface area contributed by atoms with Crippen molar-refractivity contribution in [3.05, 3.63) is 146 Å². The summed E-state index contributed by atoms with van der Waals surface area (Å²) in [6.07, 6.45) is 6.46. The van der Waals surface area contributed by atoms with Crippen LogP contribution < -0.4 is 0 Å². The quantitative estimate of drug-likeness (QED) is 0.197. The topological polar surface area (TPSA) is 9.86 Å². The zero-order valence-corrected chi connectivity index (χ0v) is 23.8. The van der Waals surface area contributed by atoms with E-state index in [9.17, 15) is 0 Å². The molecule has 2 aromatic heterocycles. The molecule has 2 heterocycles. The fourth-order valence-corrected chi connectivity index (χ4v) is 6.65. The number of para-hydroxylation sites is 2. The van der Waals surface area contributed by atoms with Crippen LogP contribution in [0.5, 0.6) is 0 Å². The molecule has 0 amide bonds. The molecule has 0 fully saturated rings. The minimum atomic E-state index is 1.18. The van der Waals surface area contributed by atoms with Gasteiger partial charge in [-0.15, -0.1) is 0 Å². The number of aromatic nitrogens is 2. The van der Waals surface area contributed by atoms with Crippen molar-refractivity contribution < 1.29 is 0 Å². The zero-order valence-electron chi connectivity index (χ0n) is 23.8. The predicted octanol–water partition coefficient (Wildman–Crippen LogP) is 11.1. The van der Waals surface area contributed by atoms with Crippen LogP contribution in [0.4, 0.5) is 0 Å². The van der Waals surface area contributed by atoms with Gasteiger partial charge in [-0.05, 0) is 90.4 Å². The molecule has 0 radical (unpaired) electrons. The number of fused-ring (bicyclic) bond motifs is 7. The monoisotopic (exact) mass is 538 g/mol. The molecule has 200 valence electrons. The molecule has 0 aliphatic carbocycles. The van der Waals surface area contributed by atoms with Gasteiger partial charge in [-0.2, -0.15) is 0 Å². The molecule has 2 nitrogen and oxygen atoms in total. The van der Waals surface area contributed by atoms with Crippen molar-refractivity contribution in [1.29, 1.82) is 0 Å². The van der Waals surface area contributed by atoms with E-state index in [2.05, 4.69) is 169 Å². The summed E-state index contributed by atoms with van der Waals surface area (Å²) in [7, 11) is 0. The largest absolute Gasteiger partial charge is 0.310 e. The Kier molecular flexibility index (Phi) is 5.61. The van der Waals surface area contributed by atoms with Crippen molar-refractivity contribution in [1.82, 2.24) is 9.13 Å². The second-order valence-electron chi connectivity index (χ2n) is 10.9. The summed E-state index contributed by atoms with van der Waals surface area (Å²) in [5, 5.41) is 7.58. The smallest absolute Gasteiger partial charge is 0.0541 e. The fraction of sp³-hybridized carbons (Fsp3) is 0.0500. The summed E-state index contributed by atoms with van der Waals surface area (Å²) in [6, 6.07) is 46.6. The molecule has 0 spiro atoms. The third-order valence-corrected chi connectivity index (χ3v) is 8.56. The minimum Gasteiger partial charge on any atom is -0.310 e. The lowest BCUT2D eigenvalue weighted by Crippen LogP contribution is -1.94. The summed E-state index contributed by atoms with van der Waals surface area (Å²) in [5.41, 5.74) is 9.70. The molecular weight excluding hydrogens is 508 g/mol. The van der Waals surface area contributed by atoms with Crippen LogP contribution >= 0.6 is 0 Å². The summed E-state index contributed by atoms with van der Waals surface area (Å²) < 4.78 is 4.77. The molecule has 0 saturated heterocycles. The SMILES string of the molecule is C/C=C\C(=C/C)n1c2ccccc2c2cc(-c3ccc4c(c3)c3ccccc3n4-c3ccc4ccccc4c3)ccc21. The molecule has 0 bridgehead atoms. The Morgan fingerprint density at radius 3 is 1.81 bits per heavy atom. The van der Waals surface area contributed by atoms with Gasteiger partial charge in [0.1, 0.15) is 0 Å². The van der Waals surface area contributed by atoms with Crippen LogP contribution in [0.3, 0.4) is 0 Å². The average molecular weight is 539 g/mol. The van der Waals surface area contributed by atoms with Gasteiger partial charge in [0, 0.05) is 32.9 Å². The molecule has 0 aliphatic heterocycles. The Morgan fingerprint density at radius 1 is 0.500 bits per heavy atom. The molecule has 42 heavy (non-hydrogen) atoms. The summed E-state index contributed by atoms with van der Waals surface area (Å²) in [6.45, 7) is 4.18. The number of allylic oxidation sites excluding steroid dienone is 4. The van der Waals surface area contributed by atoms with E-state index >= 15 is 0 Å². The number of nitrogens with zero attached hydrogens (tertiary/aromatic N) is 2. The first-order chi connectivity index (χ1) is 20.7. The summed E-state index contributed by atoms with van der Waals surface area (Å²) >= 11 is 0. The van der Waals surface area contributed by atoms with Gasteiger partial charge in [0.2, 0.25) is 0 Å². The van der Waals surface area contributed by atoms with Gasteiger partial charge >= 0.3 is 0 Å². The lowest BCUT2D eigenvalue weighted by Gasteiger charge is -2.10. The molecule has 8 rings (SSSR count). The van der Waals surface area contributed by atoms with Gasteiger partial charge in [-0.25, -0.2) is 0 Å². The van der Waals surface area contributed by atoms with E-state index in [-0.39, 0.29) is 0 Å². The molecule has 6 aromatic carbocycles. The first-order valence-corrected chi connectivity index (χ1v) is 14.6. The molecule has 0 aliphatic rings. The lowest BCUT2D eigenvalue weighted by molar-refractivity contribution is 1.19. The molecule has 0 unspecified atom stereocenters. The highest BCUT2D eigenvalue weighted by atomic mass is 15.0. The molecule has 8 aromatic rings. The predicted molar refractivity (Wildman–Crippen MR) is 181 cm³/mol. The fourth-order valence-electron chi connectivity index (χ4n) is 6.65. The Morgan fingerprint density at radius 2 is 1.07 bits per heavy atom. The Balaban J connectivity index is 1.34. The number of hydrogen-bond donors (Lipinski definition) is 0. The summed E-state index contributed by atoms with van der Waals surface area (Å²) in [5.74, 6) is 0. The van der Waals surface area contributed by atoms with Crippen molar-refractivity contribution in [3.63, 3.8) is 0 Å². The van der Waals surface area contributed by atoms with Crippen LogP contribution in [0.25, 0.3) is 76.9 Å². The number of rotatable bonds is 4. The van der Waals surface area contributed by atoms with E-state index in [1.54, 1.807) is 0 Å². The maximum Gasteiger partial charge on any atom is 0.0541 e. The maximum absolute atomic E-state index is 2.40. The van der Waals surface area contributed by atoms with Gasteiger partial charge in [0.05, 0.1) is 22.1 Å². The first-order valence-electron chi connectivity index (χ1n) is 14.6. The zero-order chi connectivity index (χ0) is 28.2. The van der Waals surface area contributed by atoms with Gasteiger partial charge in [0.15, 0.2) is 0 Å². The van der Waals surface area contributed by atoms with Crippen LogP contribution in [-0.4, -0.2) is 9.13 Å². The molecule has 0 N–H and O–H groups in total. The van der Waals surface area contributed by atoms with Crippen molar-refractivity contribution >= 4 is 60.1 Å². The van der Waals surface area contributed by atoms with E-state index in [0.717, 1.165) is 0 Å². The maximum atomic E-state index is 2.40. The van der Waals surface area contributed by atoms with Gasteiger partial charge < -0.3 is 9.13 Å². The van der Waals surface area contributed by atoms with Gasteiger partial charge in [-0.3, -0.25) is 0 Å². The third kappa shape index (κ3) is 3.65. The molecule has 0 saturated carbocycles. The third-order valence-electron chi connectivity index (χ3n) is 8.56. The van der Waals surface area contributed by atoms with E-state index in [4.69, 9.17) is 0 Å². The van der Waals surface area contributed by atoms with Crippen LogP contribution in [0.15, 0.2) is 146 Å². The minimum absolute atomic E-state index is 1.18. The summed E-state index contributed by atoms with van der Waals surface area (Å²) in [4.78, 5) is 0. The van der Waals surface area contributed by atoms with Crippen LogP contribution in [0.1, 0.15) is 13.8 Å². The number of benzene rings is 6. The van der Waals surface area contributed by atoms with Crippen LogP contribution in [0, 0.1) is 0 Å². The highest BCUT2D eigenvalue weighted by molar-refractivity contribution is 6.13. The second-order valence-corrected chi connectivity index (χ2v) is 10.9. The second kappa shape index (κ2) is 9.64. The Labute approximate surface area is 245 Å². The van der Waals surface area contributed by atoms with E-state index in [0.29, 0.717) is 0 Å². The van der Waals surface area contributed by atoms with E-state index in [1.807, 2.05) is 0 Å². The van der Waals surface area contributed by atoms with Gasteiger partial charge in [-0.1, -0.05) is 91.0 Å². The lowest BCUT2D eigenvalue weighted by atomic mass is 10.0. The number of hydrogen-bond acceptors (Lipinski definition) is 0. The van der Waals surface area contributed by atoms with Crippen molar-refractivity contribution in [2.75, 3.05) is 0 Å². The molecular formula is C40H30N2.